The predicted octanol–water partition coefficient (Wildman–Crippen LogP) is 3.39. The Hall–Kier alpha value is -1.58. The zero-order valence-corrected chi connectivity index (χ0v) is 11.9. The standard InChI is InChI=1S/C17H21NO2/c1-19-11-10-13-2-4-14(5-3-13)17-9-8-16(20-17)12-18-15-6-7-15/h2-5,8-9,15,18H,6-7,10-12H2,1H3. The highest BCUT2D eigenvalue weighted by molar-refractivity contribution is 5.57. The first kappa shape index (κ1) is 13.4. The molecule has 1 N–H and O–H groups in total. The summed E-state index contributed by atoms with van der Waals surface area (Å²) in [5.41, 5.74) is 2.42. The monoisotopic (exact) mass is 271 g/mol. The van der Waals surface area contributed by atoms with E-state index in [1.165, 1.54) is 18.4 Å². The fourth-order valence-electron chi connectivity index (χ4n) is 2.22. The van der Waals surface area contributed by atoms with Crippen molar-refractivity contribution >= 4 is 0 Å². The predicted molar refractivity (Wildman–Crippen MR) is 79.6 cm³/mol. The van der Waals surface area contributed by atoms with Crippen LogP contribution in [0.1, 0.15) is 24.2 Å². The summed E-state index contributed by atoms with van der Waals surface area (Å²) >= 11 is 0. The van der Waals surface area contributed by atoms with Gasteiger partial charge in [-0.15, -0.1) is 0 Å². The Labute approximate surface area is 119 Å². The lowest BCUT2D eigenvalue weighted by atomic mass is 10.1. The topological polar surface area (TPSA) is 34.4 Å². The van der Waals surface area contributed by atoms with Gasteiger partial charge in [-0.2, -0.15) is 0 Å². The minimum atomic E-state index is 0.712. The van der Waals surface area contributed by atoms with Crippen LogP contribution >= 0.6 is 0 Å². The second-order valence-electron chi connectivity index (χ2n) is 5.36. The Bertz CT molecular complexity index is 540. The van der Waals surface area contributed by atoms with Crippen LogP contribution in [-0.4, -0.2) is 19.8 Å². The van der Waals surface area contributed by atoms with Crippen LogP contribution in [0.25, 0.3) is 11.3 Å². The average Bonchev–Trinajstić information content (AvgIpc) is 3.20. The molecule has 1 saturated carbocycles. The minimum absolute atomic E-state index is 0.712. The summed E-state index contributed by atoms with van der Waals surface area (Å²) in [6.45, 7) is 1.59. The lowest BCUT2D eigenvalue weighted by Gasteiger charge is -2.02. The number of ether oxygens (including phenoxy) is 1. The third kappa shape index (κ3) is 3.50. The molecule has 1 aliphatic carbocycles. The molecule has 2 aromatic rings. The maximum atomic E-state index is 5.88. The van der Waals surface area contributed by atoms with Gasteiger partial charge >= 0.3 is 0 Å². The van der Waals surface area contributed by atoms with Crippen molar-refractivity contribution in [3.63, 3.8) is 0 Å². The van der Waals surface area contributed by atoms with E-state index in [0.717, 1.165) is 36.7 Å². The van der Waals surface area contributed by atoms with Crippen molar-refractivity contribution in [2.45, 2.75) is 31.8 Å². The second-order valence-corrected chi connectivity index (χ2v) is 5.36. The summed E-state index contributed by atoms with van der Waals surface area (Å²) < 4.78 is 11.0. The first-order valence-corrected chi connectivity index (χ1v) is 7.25. The van der Waals surface area contributed by atoms with Crippen LogP contribution in [0.2, 0.25) is 0 Å². The van der Waals surface area contributed by atoms with Crippen LogP contribution in [0.3, 0.4) is 0 Å². The smallest absolute Gasteiger partial charge is 0.134 e. The zero-order chi connectivity index (χ0) is 13.8. The number of rotatable bonds is 7. The first-order chi connectivity index (χ1) is 9.85. The molecule has 3 rings (SSSR count). The van der Waals surface area contributed by atoms with Gasteiger partial charge in [0.05, 0.1) is 13.2 Å². The van der Waals surface area contributed by atoms with E-state index in [-0.39, 0.29) is 0 Å². The van der Waals surface area contributed by atoms with Gasteiger partial charge in [0.15, 0.2) is 0 Å². The van der Waals surface area contributed by atoms with Crippen LogP contribution in [0, 0.1) is 0 Å². The van der Waals surface area contributed by atoms with Crippen LogP contribution < -0.4 is 5.32 Å². The van der Waals surface area contributed by atoms with E-state index in [4.69, 9.17) is 9.15 Å². The molecule has 0 radical (unpaired) electrons. The fourth-order valence-corrected chi connectivity index (χ4v) is 2.22. The SMILES string of the molecule is COCCc1ccc(-c2ccc(CNC3CC3)o2)cc1. The van der Waals surface area contributed by atoms with Crippen molar-refractivity contribution in [2.75, 3.05) is 13.7 Å². The quantitative estimate of drug-likeness (QED) is 0.838. The van der Waals surface area contributed by atoms with Gasteiger partial charge < -0.3 is 14.5 Å². The summed E-state index contributed by atoms with van der Waals surface area (Å²) in [7, 11) is 1.73. The third-order valence-electron chi connectivity index (χ3n) is 3.64. The van der Waals surface area contributed by atoms with E-state index < -0.39 is 0 Å². The molecule has 1 aromatic heterocycles. The Balaban J connectivity index is 1.62. The van der Waals surface area contributed by atoms with Gasteiger partial charge in [0.1, 0.15) is 11.5 Å². The zero-order valence-electron chi connectivity index (χ0n) is 11.9. The molecule has 20 heavy (non-hydrogen) atoms. The molecule has 0 spiro atoms. The highest BCUT2D eigenvalue weighted by atomic mass is 16.5. The minimum Gasteiger partial charge on any atom is -0.460 e. The van der Waals surface area contributed by atoms with Gasteiger partial charge in [-0.3, -0.25) is 0 Å². The van der Waals surface area contributed by atoms with E-state index in [1.54, 1.807) is 7.11 Å². The van der Waals surface area contributed by atoms with Gasteiger partial charge in [0.25, 0.3) is 0 Å². The lowest BCUT2D eigenvalue weighted by molar-refractivity contribution is 0.202. The van der Waals surface area contributed by atoms with Crippen LogP contribution in [0.15, 0.2) is 40.8 Å². The third-order valence-corrected chi connectivity index (χ3v) is 3.64. The molecule has 0 saturated heterocycles. The van der Waals surface area contributed by atoms with E-state index in [0.29, 0.717) is 6.04 Å². The maximum absolute atomic E-state index is 5.88. The number of hydrogen-bond acceptors (Lipinski definition) is 3. The summed E-state index contributed by atoms with van der Waals surface area (Å²) in [6, 6.07) is 13.3. The molecule has 106 valence electrons. The number of benzene rings is 1. The van der Waals surface area contributed by atoms with E-state index >= 15 is 0 Å². The molecule has 3 nitrogen and oxygen atoms in total. The molecule has 1 aromatic carbocycles. The Morgan fingerprint density at radius 2 is 1.95 bits per heavy atom. The molecule has 0 bridgehead atoms. The molecule has 1 heterocycles. The number of furan rings is 1. The van der Waals surface area contributed by atoms with Crippen LogP contribution in [0.5, 0.6) is 0 Å². The van der Waals surface area contributed by atoms with E-state index in [2.05, 4.69) is 35.6 Å². The Morgan fingerprint density at radius 3 is 2.65 bits per heavy atom. The normalized spacial score (nSPS) is 14.7. The van der Waals surface area contributed by atoms with Gasteiger partial charge in [0.2, 0.25) is 0 Å². The molecule has 3 heteroatoms. The number of hydrogen-bond donors (Lipinski definition) is 1. The van der Waals surface area contributed by atoms with Crippen molar-refractivity contribution < 1.29 is 9.15 Å². The Morgan fingerprint density at radius 1 is 1.15 bits per heavy atom. The summed E-state index contributed by atoms with van der Waals surface area (Å²) in [6.07, 6.45) is 3.55. The van der Waals surface area contributed by atoms with Crippen molar-refractivity contribution in [3.05, 3.63) is 47.7 Å². The second kappa shape index (κ2) is 6.25. The summed E-state index contributed by atoms with van der Waals surface area (Å²) in [4.78, 5) is 0. The van der Waals surface area contributed by atoms with E-state index in [9.17, 15) is 0 Å². The first-order valence-electron chi connectivity index (χ1n) is 7.25. The molecule has 0 unspecified atom stereocenters. The number of nitrogens with one attached hydrogen (secondary N) is 1. The van der Waals surface area contributed by atoms with Crippen molar-refractivity contribution in [3.8, 4) is 11.3 Å². The Kier molecular flexibility index (Phi) is 4.19. The molecular formula is C17H21NO2. The van der Waals surface area contributed by atoms with Gasteiger partial charge in [-0.25, -0.2) is 0 Å². The van der Waals surface area contributed by atoms with Crippen molar-refractivity contribution in [1.29, 1.82) is 0 Å². The molecular weight excluding hydrogens is 250 g/mol. The van der Waals surface area contributed by atoms with Gasteiger partial charge in [-0.1, -0.05) is 24.3 Å². The van der Waals surface area contributed by atoms with Crippen LogP contribution in [-0.2, 0) is 17.7 Å². The highest BCUT2D eigenvalue weighted by Crippen LogP contribution is 2.24. The van der Waals surface area contributed by atoms with Crippen molar-refractivity contribution in [1.82, 2.24) is 5.32 Å². The number of methoxy groups -OCH3 is 1. The molecule has 0 amide bonds. The molecule has 0 atom stereocenters. The van der Waals surface area contributed by atoms with Crippen LogP contribution in [0.4, 0.5) is 0 Å². The largest absolute Gasteiger partial charge is 0.460 e. The maximum Gasteiger partial charge on any atom is 0.134 e. The molecule has 0 aliphatic heterocycles. The summed E-state index contributed by atoms with van der Waals surface area (Å²) in [5, 5.41) is 3.46. The average molecular weight is 271 g/mol. The fraction of sp³-hybridized carbons (Fsp3) is 0.412. The molecule has 1 aliphatic rings. The van der Waals surface area contributed by atoms with E-state index in [1.807, 2.05) is 6.07 Å². The van der Waals surface area contributed by atoms with Gasteiger partial charge in [-0.05, 0) is 37.0 Å². The lowest BCUT2D eigenvalue weighted by Crippen LogP contribution is -2.14. The van der Waals surface area contributed by atoms with Gasteiger partial charge in [0, 0.05) is 18.7 Å². The van der Waals surface area contributed by atoms with Crippen molar-refractivity contribution in [2.24, 2.45) is 0 Å². The summed E-state index contributed by atoms with van der Waals surface area (Å²) in [5.74, 6) is 1.95. The molecule has 1 fully saturated rings. The highest BCUT2D eigenvalue weighted by Gasteiger charge is 2.20.